The van der Waals surface area contributed by atoms with E-state index < -0.39 is 23.4 Å². The van der Waals surface area contributed by atoms with Gasteiger partial charge in [-0.25, -0.2) is 0 Å². The Kier molecular flexibility index (Phi) is 5.38. The van der Waals surface area contributed by atoms with Crippen LogP contribution in [0.5, 0.6) is 5.75 Å². The molecule has 0 spiro atoms. The lowest BCUT2D eigenvalue weighted by molar-refractivity contribution is -0.137. The average molecular weight is 290 g/mol. The van der Waals surface area contributed by atoms with Crippen molar-refractivity contribution in [2.75, 3.05) is 11.9 Å². The van der Waals surface area contributed by atoms with Crippen molar-refractivity contribution in [2.45, 2.75) is 32.5 Å². The molecule has 0 radical (unpaired) electrons. The smallest absolute Gasteiger partial charge is 0.416 e. The van der Waals surface area contributed by atoms with E-state index in [9.17, 15) is 23.1 Å². The molecule has 1 amide bonds. The largest absolute Gasteiger partial charge is 0.506 e. The van der Waals surface area contributed by atoms with Crippen molar-refractivity contribution in [2.24, 2.45) is 0 Å². The summed E-state index contributed by atoms with van der Waals surface area (Å²) in [5, 5.41) is 14.6. The summed E-state index contributed by atoms with van der Waals surface area (Å²) in [5.74, 6) is -0.921. The van der Waals surface area contributed by atoms with Crippen LogP contribution in [0.1, 0.15) is 25.8 Å². The second-order valence-corrected chi connectivity index (χ2v) is 4.47. The van der Waals surface area contributed by atoms with Gasteiger partial charge in [0.1, 0.15) is 5.75 Å². The third-order valence-electron chi connectivity index (χ3n) is 2.82. The lowest BCUT2D eigenvalue weighted by Gasteiger charge is -2.13. The number of nitrogens with one attached hydrogen (secondary N) is 2. The Bertz CT molecular complexity index is 475. The number of phenolic OH excluding ortho intramolecular Hbond substituents is 1. The Balaban J connectivity index is 2.74. The number of hydrogen-bond acceptors (Lipinski definition) is 3. The first-order chi connectivity index (χ1) is 9.24. The summed E-state index contributed by atoms with van der Waals surface area (Å²) in [6.07, 6.45) is -3.70. The molecular weight excluding hydrogens is 273 g/mol. The summed E-state index contributed by atoms with van der Waals surface area (Å²) in [5.41, 5.74) is -1.18. The number of carbonyl (C=O) groups excluding carboxylic acids is 1. The highest BCUT2D eigenvalue weighted by Gasteiger charge is 2.31. The van der Waals surface area contributed by atoms with Crippen molar-refractivity contribution in [3.05, 3.63) is 23.8 Å². The number of alkyl halides is 3. The van der Waals surface area contributed by atoms with Gasteiger partial charge in [0.25, 0.3) is 0 Å². The fourth-order valence-electron chi connectivity index (χ4n) is 1.42. The Labute approximate surface area is 115 Å². The van der Waals surface area contributed by atoms with Crippen LogP contribution in [-0.2, 0) is 11.0 Å². The molecule has 0 saturated carbocycles. The fourth-order valence-corrected chi connectivity index (χ4v) is 1.42. The summed E-state index contributed by atoms with van der Waals surface area (Å²) in [6.45, 7) is 3.79. The first kappa shape index (κ1) is 16.3. The van der Waals surface area contributed by atoms with E-state index in [0.717, 1.165) is 18.6 Å². The van der Waals surface area contributed by atoms with Gasteiger partial charge >= 0.3 is 6.18 Å². The molecule has 0 aliphatic carbocycles. The number of amides is 1. The zero-order valence-corrected chi connectivity index (χ0v) is 11.2. The van der Waals surface area contributed by atoms with Crippen molar-refractivity contribution in [3.8, 4) is 5.75 Å². The van der Waals surface area contributed by atoms with Crippen LogP contribution in [0.15, 0.2) is 18.2 Å². The number of aromatic hydroxyl groups is 1. The highest BCUT2D eigenvalue weighted by Crippen LogP contribution is 2.34. The van der Waals surface area contributed by atoms with Gasteiger partial charge in [0, 0.05) is 6.04 Å². The van der Waals surface area contributed by atoms with Crippen LogP contribution in [-0.4, -0.2) is 23.6 Å². The predicted octanol–water partition coefficient (Wildman–Crippen LogP) is 2.74. The molecule has 1 atom stereocenters. The van der Waals surface area contributed by atoms with E-state index >= 15 is 0 Å². The van der Waals surface area contributed by atoms with Crippen LogP contribution < -0.4 is 10.6 Å². The summed E-state index contributed by atoms with van der Waals surface area (Å²) >= 11 is 0. The zero-order valence-electron chi connectivity index (χ0n) is 11.2. The van der Waals surface area contributed by atoms with Crippen LogP contribution in [0.3, 0.4) is 0 Å². The number of hydrogen-bond donors (Lipinski definition) is 3. The maximum absolute atomic E-state index is 12.5. The van der Waals surface area contributed by atoms with Gasteiger partial charge in [0.15, 0.2) is 0 Å². The van der Waals surface area contributed by atoms with Gasteiger partial charge in [0.05, 0.1) is 17.8 Å². The molecule has 4 nitrogen and oxygen atoms in total. The molecule has 0 aliphatic rings. The van der Waals surface area contributed by atoms with Crippen molar-refractivity contribution in [1.82, 2.24) is 5.32 Å². The van der Waals surface area contributed by atoms with Crippen LogP contribution in [0.4, 0.5) is 18.9 Å². The Morgan fingerprint density at radius 1 is 1.40 bits per heavy atom. The van der Waals surface area contributed by atoms with Gasteiger partial charge in [-0.3, -0.25) is 4.79 Å². The Hall–Kier alpha value is -1.76. The number of phenols is 1. The minimum atomic E-state index is -4.53. The van der Waals surface area contributed by atoms with Crippen molar-refractivity contribution in [1.29, 1.82) is 0 Å². The SMILES string of the molecule is CCC(C)NCC(=O)Nc1cc(C(F)(F)F)ccc1O. The van der Waals surface area contributed by atoms with E-state index in [1.54, 1.807) is 0 Å². The zero-order chi connectivity index (χ0) is 15.3. The van der Waals surface area contributed by atoms with Gasteiger partial charge in [-0.1, -0.05) is 6.92 Å². The molecule has 1 unspecified atom stereocenters. The first-order valence-electron chi connectivity index (χ1n) is 6.17. The minimum absolute atomic E-state index is 0.0370. The molecule has 0 heterocycles. The molecule has 0 fully saturated rings. The lowest BCUT2D eigenvalue weighted by Crippen LogP contribution is -2.34. The quantitative estimate of drug-likeness (QED) is 0.731. The Morgan fingerprint density at radius 3 is 2.60 bits per heavy atom. The summed E-state index contributed by atoms with van der Waals surface area (Å²) in [6, 6.07) is 2.48. The van der Waals surface area contributed by atoms with E-state index in [1.165, 1.54) is 0 Å². The fraction of sp³-hybridized carbons (Fsp3) is 0.462. The topological polar surface area (TPSA) is 61.4 Å². The molecule has 112 valence electrons. The molecule has 0 aliphatic heterocycles. The average Bonchev–Trinajstić information content (AvgIpc) is 2.37. The second kappa shape index (κ2) is 6.60. The molecule has 20 heavy (non-hydrogen) atoms. The normalized spacial score (nSPS) is 13.1. The monoisotopic (exact) mass is 290 g/mol. The second-order valence-electron chi connectivity index (χ2n) is 4.47. The molecule has 0 bridgehead atoms. The number of rotatable bonds is 5. The van der Waals surface area contributed by atoms with Crippen molar-refractivity contribution >= 4 is 11.6 Å². The summed E-state index contributed by atoms with van der Waals surface area (Å²) in [7, 11) is 0. The third kappa shape index (κ3) is 4.73. The molecule has 1 aromatic carbocycles. The predicted molar refractivity (Wildman–Crippen MR) is 69.5 cm³/mol. The van der Waals surface area contributed by atoms with Gasteiger partial charge < -0.3 is 15.7 Å². The minimum Gasteiger partial charge on any atom is -0.506 e. The summed E-state index contributed by atoms with van der Waals surface area (Å²) < 4.78 is 37.6. The summed E-state index contributed by atoms with van der Waals surface area (Å²) in [4.78, 5) is 11.6. The van der Waals surface area contributed by atoms with Gasteiger partial charge in [-0.2, -0.15) is 13.2 Å². The maximum Gasteiger partial charge on any atom is 0.416 e. The molecular formula is C13H17F3N2O2. The van der Waals surface area contributed by atoms with Crippen LogP contribution in [0, 0.1) is 0 Å². The van der Waals surface area contributed by atoms with E-state index in [4.69, 9.17) is 0 Å². The van der Waals surface area contributed by atoms with Gasteiger partial charge in [-0.05, 0) is 31.5 Å². The molecule has 0 saturated heterocycles. The van der Waals surface area contributed by atoms with Crippen LogP contribution in [0.25, 0.3) is 0 Å². The Morgan fingerprint density at radius 2 is 2.05 bits per heavy atom. The van der Waals surface area contributed by atoms with E-state index in [2.05, 4.69) is 10.6 Å². The third-order valence-corrected chi connectivity index (χ3v) is 2.82. The number of anilines is 1. The van der Waals surface area contributed by atoms with E-state index in [1.807, 2.05) is 13.8 Å². The number of benzene rings is 1. The standard InChI is InChI=1S/C13H17F3N2O2/c1-3-8(2)17-7-12(20)18-10-6-9(13(14,15)16)4-5-11(10)19/h4-6,8,17,19H,3,7H2,1-2H3,(H,18,20). The van der Waals surface area contributed by atoms with Gasteiger partial charge in [-0.15, -0.1) is 0 Å². The molecule has 1 aromatic rings. The van der Waals surface area contributed by atoms with Crippen molar-refractivity contribution < 1.29 is 23.1 Å². The van der Waals surface area contributed by atoms with Gasteiger partial charge in [0.2, 0.25) is 5.91 Å². The maximum atomic E-state index is 12.5. The lowest BCUT2D eigenvalue weighted by atomic mass is 10.1. The molecule has 1 rings (SSSR count). The highest BCUT2D eigenvalue weighted by atomic mass is 19.4. The van der Waals surface area contributed by atoms with Crippen molar-refractivity contribution in [3.63, 3.8) is 0 Å². The number of halogens is 3. The van der Waals surface area contributed by atoms with E-state index in [0.29, 0.717) is 6.07 Å². The highest BCUT2D eigenvalue weighted by molar-refractivity contribution is 5.93. The molecule has 0 aromatic heterocycles. The molecule has 7 heteroatoms. The molecule has 3 N–H and O–H groups in total. The van der Waals surface area contributed by atoms with Crippen LogP contribution >= 0.6 is 0 Å². The van der Waals surface area contributed by atoms with Crippen LogP contribution in [0.2, 0.25) is 0 Å². The first-order valence-corrected chi connectivity index (χ1v) is 6.17. The van der Waals surface area contributed by atoms with E-state index in [-0.39, 0.29) is 18.3 Å². The number of carbonyl (C=O) groups is 1.